The van der Waals surface area contributed by atoms with Crippen LogP contribution in [-0.2, 0) is 13.5 Å². The molecule has 1 nitrogen and oxygen atoms in total. The lowest BCUT2D eigenvalue weighted by atomic mass is 10.0. The predicted octanol–water partition coefficient (Wildman–Crippen LogP) is 3.38. The van der Waals surface area contributed by atoms with Gasteiger partial charge in [0.15, 0.2) is 11.9 Å². The summed E-state index contributed by atoms with van der Waals surface area (Å²) < 4.78 is 2.22. The van der Waals surface area contributed by atoms with E-state index in [0.29, 0.717) is 0 Å². The fraction of sp³-hybridized carbons (Fsp3) is 0.188. The van der Waals surface area contributed by atoms with Crippen LogP contribution < -0.4 is 4.57 Å². The van der Waals surface area contributed by atoms with Crippen molar-refractivity contribution in [1.29, 1.82) is 0 Å². The number of fused-ring (bicyclic) bond motifs is 3. The molecule has 0 fully saturated rings. The number of nitrogens with zero attached hydrogens (tertiary/aromatic N) is 1. The Bertz CT molecular complexity index is 698. The van der Waals surface area contributed by atoms with Crippen LogP contribution in [0.15, 0.2) is 48.7 Å². The average molecular weight is 222 g/mol. The van der Waals surface area contributed by atoms with Crippen LogP contribution >= 0.6 is 0 Å². The highest BCUT2D eigenvalue weighted by Gasteiger charge is 2.11. The van der Waals surface area contributed by atoms with Crippen LogP contribution in [0.5, 0.6) is 0 Å². The minimum Gasteiger partial charge on any atom is -0.205 e. The van der Waals surface area contributed by atoms with E-state index >= 15 is 0 Å². The van der Waals surface area contributed by atoms with E-state index in [0.717, 1.165) is 6.42 Å². The van der Waals surface area contributed by atoms with E-state index in [2.05, 4.69) is 67.2 Å². The average Bonchev–Trinajstić information content (AvgIpc) is 2.38. The first kappa shape index (κ1) is 10.3. The third kappa shape index (κ3) is 1.50. The maximum absolute atomic E-state index is 2.25. The Hall–Kier alpha value is -1.89. The number of hydrogen-bond acceptors (Lipinski definition) is 0. The van der Waals surface area contributed by atoms with Crippen molar-refractivity contribution in [2.75, 3.05) is 0 Å². The van der Waals surface area contributed by atoms with E-state index in [1.807, 2.05) is 0 Å². The van der Waals surface area contributed by atoms with Gasteiger partial charge in [-0.15, -0.1) is 0 Å². The quantitative estimate of drug-likeness (QED) is 0.439. The second-order valence-electron chi connectivity index (χ2n) is 4.47. The van der Waals surface area contributed by atoms with E-state index < -0.39 is 0 Å². The molecule has 0 aliphatic heterocycles. The molecule has 0 bridgehead atoms. The first-order valence-corrected chi connectivity index (χ1v) is 6.10. The lowest BCUT2D eigenvalue weighted by Crippen LogP contribution is -2.32. The van der Waals surface area contributed by atoms with Crippen LogP contribution in [0.1, 0.15) is 12.6 Å². The van der Waals surface area contributed by atoms with Gasteiger partial charge in [-0.05, 0) is 16.8 Å². The van der Waals surface area contributed by atoms with E-state index in [1.165, 1.54) is 27.2 Å². The Morgan fingerprint density at radius 3 is 2.53 bits per heavy atom. The molecule has 1 heterocycles. The fourth-order valence-corrected chi connectivity index (χ4v) is 2.63. The number of pyridine rings is 1. The normalized spacial score (nSPS) is 11.2. The molecule has 1 heteroatoms. The highest BCUT2D eigenvalue weighted by atomic mass is 14.9. The molecular formula is C16H16N+. The summed E-state index contributed by atoms with van der Waals surface area (Å²) in [5.74, 6) is 0. The number of aromatic nitrogens is 1. The van der Waals surface area contributed by atoms with Gasteiger partial charge in [-0.25, -0.2) is 4.57 Å². The minimum atomic E-state index is 1.06. The first-order chi connectivity index (χ1) is 8.31. The topological polar surface area (TPSA) is 3.88 Å². The lowest BCUT2D eigenvalue weighted by molar-refractivity contribution is -0.677. The van der Waals surface area contributed by atoms with E-state index in [-0.39, 0.29) is 0 Å². The van der Waals surface area contributed by atoms with Crippen LogP contribution in [0.3, 0.4) is 0 Å². The predicted molar refractivity (Wildman–Crippen MR) is 72.0 cm³/mol. The molecule has 0 aliphatic carbocycles. The van der Waals surface area contributed by atoms with Crippen molar-refractivity contribution in [1.82, 2.24) is 0 Å². The molecular weight excluding hydrogens is 206 g/mol. The molecule has 1 aromatic heterocycles. The molecule has 3 aromatic rings. The van der Waals surface area contributed by atoms with Crippen molar-refractivity contribution >= 4 is 21.5 Å². The van der Waals surface area contributed by atoms with Gasteiger partial charge < -0.3 is 0 Å². The molecule has 0 amide bonds. The zero-order chi connectivity index (χ0) is 11.8. The summed E-state index contributed by atoms with van der Waals surface area (Å²) in [6, 6.07) is 15.3. The van der Waals surface area contributed by atoms with E-state index in [9.17, 15) is 0 Å². The standard InChI is InChI=1S/C16H16N/c1-3-16-15-9-8-12-6-4-5-7-13(12)14(15)10-11-17(16)2/h4-11H,3H2,1-2H3/q+1. The van der Waals surface area contributed by atoms with E-state index in [1.54, 1.807) is 0 Å². The maximum atomic E-state index is 2.25. The van der Waals surface area contributed by atoms with Gasteiger partial charge >= 0.3 is 0 Å². The lowest BCUT2D eigenvalue weighted by Gasteiger charge is -2.06. The second-order valence-corrected chi connectivity index (χ2v) is 4.47. The van der Waals surface area contributed by atoms with E-state index in [4.69, 9.17) is 0 Å². The summed E-state index contributed by atoms with van der Waals surface area (Å²) in [6.07, 6.45) is 3.22. The molecule has 2 aromatic carbocycles. The van der Waals surface area contributed by atoms with Crippen LogP contribution in [0, 0.1) is 0 Å². The molecule has 0 atom stereocenters. The Labute approximate surface area is 101 Å². The van der Waals surface area contributed by atoms with Crippen molar-refractivity contribution in [2.45, 2.75) is 13.3 Å². The Morgan fingerprint density at radius 2 is 1.71 bits per heavy atom. The molecule has 0 saturated heterocycles. The molecule has 0 radical (unpaired) electrons. The molecule has 17 heavy (non-hydrogen) atoms. The number of benzene rings is 2. The van der Waals surface area contributed by atoms with Gasteiger partial charge in [-0.2, -0.15) is 0 Å². The van der Waals surface area contributed by atoms with Gasteiger partial charge in [-0.3, -0.25) is 0 Å². The van der Waals surface area contributed by atoms with Gasteiger partial charge in [0.05, 0.1) is 0 Å². The summed E-state index contributed by atoms with van der Waals surface area (Å²) >= 11 is 0. The fourth-order valence-electron chi connectivity index (χ4n) is 2.63. The minimum absolute atomic E-state index is 1.06. The highest BCUT2D eigenvalue weighted by Crippen LogP contribution is 2.25. The zero-order valence-corrected chi connectivity index (χ0v) is 10.3. The summed E-state index contributed by atoms with van der Waals surface area (Å²) in [4.78, 5) is 0. The van der Waals surface area contributed by atoms with Gasteiger partial charge in [0, 0.05) is 23.3 Å². The van der Waals surface area contributed by atoms with Crippen molar-refractivity contribution in [2.24, 2.45) is 7.05 Å². The Morgan fingerprint density at radius 1 is 0.882 bits per heavy atom. The molecule has 0 N–H and O–H groups in total. The number of rotatable bonds is 1. The van der Waals surface area contributed by atoms with Gasteiger partial charge in [0.25, 0.3) is 0 Å². The molecule has 0 unspecified atom stereocenters. The van der Waals surface area contributed by atoms with Crippen LogP contribution in [0.4, 0.5) is 0 Å². The van der Waals surface area contributed by atoms with Crippen LogP contribution in [0.2, 0.25) is 0 Å². The van der Waals surface area contributed by atoms with Crippen molar-refractivity contribution < 1.29 is 4.57 Å². The first-order valence-electron chi connectivity index (χ1n) is 6.10. The Balaban J connectivity index is 2.52. The summed E-state index contributed by atoms with van der Waals surface area (Å²) in [5.41, 5.74) is 1.40. The van der Waals surface area contributed by atoms with Gasteiger partial charge in [0.2, 0.25) is 0 Å². The summed E-state index contributed by atoms with van der Waals surface area (Å²) in [7, 11) is 2.12. The van der Waals surface area contributed by atoms with Crippen molar-refractivity contribution in [3.8, 4) is 0 Å². The number of aryl methyl sites for hydroxylation is 2. The zero-order valence-electron chi connectivity index (χ0n) is 10.3. The monoisotopic (exact) mass is 222 g/mol. The maximum Gasteiger partial charge on any atom is 0.188 e. The molecule has 84 valence electrons. The van der Waals surface area contributed by atoms with Crippen molar-refractivity contribution in [3.05, 3.63) is 54.4 Å². The Kier molecular flexibility index (Phi) is 2.32. The third-order valence-electron chi connectivity index (χ3n) is 3.51. The van der Waals surface area contributed by atoms with Gasteiger partial charge in [-0.1, -0.05) is 37.3 Å². The summed E-state index contributed by atoms with van der Waals surface area (Å²) in [6.45, 7) is 2.21. The van der Waals surface area contributed by atoms with Crippen molar-refractivity contribution in [3.63, 3.8) is 0 Å². The van der Waals surface area contributed by atoms with Gasteiger partial charge in [0.1, 0.15) is 7.05 Å². The highest BCUT2D eigenvalue weighted by molar-refractivity contribution is 6.07. The third-order valence-corrected chi connectivity index (χ3v) is 3.51. The molecule has 0 saturated carbocycles. The number of hydrogen-bond donors (Lipinski definition) is 0. The largest absolute Gasteiger partial charge is 0.205 e. The molecule has 0 aliphatic rings. The molecule has 0 spiro atoms. The summed E-state index contributed by atoms with van der Waals surface area (Å²) in [5, 5.41) is 5.39. The smallest absolute Gasteiger partial charge is 0.188 e. The van der Waals surface area contributed by atoms with Crippen LogP contribution in [-0.4, -0.2) is 0 Å². The second kappa shape index (κ2) is 3.85. The SMILES string of the molecule is CCc1c2ccc3ccccc3c2cc[n+]1C. The van der Waals surface area contributed by atoms with Crippen LogP contribution in [0.25, 0.3) is 21.5 Å². The molecule has 3 rings (SSSR count).